The van der Waals surface area contributed by atoms with Crippen molar-refractivity contribution in [3.05, 3.63) is 70.8 Å². The lowest BCUT2D eigenvalue weighted by molar-refractivity contribution is -0.137. The van der Waals surface area contributed by atoms with E-state index < -0.39 is 23.6 Å². The van der Waals surface area contributed by atoms with Crippen LogP contribution in [0.1, 0.15) is 27.0 Å². The molecule has 0 aliphatic carbocycles. The largest absolute Gasteiger partial charge is 0.465 e. The number of esters is 1. The predicted octanol–water partition coefficient (Wildman–Crippen LogP) is 4.45. The lowest BCUT2D eigenvalue weighted by Gasteiger charge is -2.09. The number of hydrogen-bond donors (Lipinski definition) is 1. The van der Waals surface area contributed by atoms with Gasteiger partial charge in [0.2, 0.25) is 5.91 Å². The molecule has 2 aromatic carbocycles. The number of ether oxygens (including phenoxy) is 1. The fraction of sp³-hybridized carbons (Fsp3) is 0.158. The molecule has 7 heteroatoms. The van der Waals surface area contributed by atoms with E-state index in [4.69, 9.17) is 0 Å². The first kappa shape index (κ1) is 19.2. The second-order valence-electron chi connectivity index (χ2n) is 5.47. The number of methoxy groups -OCH3 is 1. The molecule has 0 aromatic heterocycles. The number of alkyl halides is 3. The Kier molecular flexibility index (Phi) is 5.82. The Morgan fingerprint density at radius 3 is 2.50 bits per heavy atom. The van der Waals surface area contributed by atoms with Crippen molar-refractivity contribution in [1.82, 2.24) is 0 Å². The lowest BCUT2D eigenvalue weighted by atomic mass is 10.1. The first-order valence-corrected chi connectivity index (χ1v) is 7.56. The molecule has 0 spiro atoms. The average molecular weight is 363 g/mol. The zero-order valence-corrected chi connectivity index (χ0v) is 14.1. The molecule has 0 saturated heterocycles. The van der Waals surface area contributed by atoms with Crippen molar-refractivity contribution in [3.8, 4) is 0 Å². The van der Waals surface area contributed by atoms with Gasteiger partial charge in [0.05, 0.1) is 18.2 Å². The third kappa shape index (κ3) is 4.95. The van der Waals surface area contributed by atoms with Crippen LogP contribution in [-0.2, 0) is 15.7 Å². The maximum absolute atomic E-state index is 12.7. The highest BCUT2D eigenvalue weighted by Gasteiger charge is 2.30. The van der Waals surface area contributed by atoms with Gasteiger partial charge in [0, 0.05) is 11.8 Å². The summed E-state index contributed by atoms with van der Waals surface area (Å²) in [6.45, 7) is 1.74. The molecule has 0 heterocycles. The highest BCUT2D eigenvalue weighted by molar-refractivity contribution is 6.03. The van der Waals surface area contributed by atoms with E-state index in [0.29, 0.717) is 5.69 Å². The highest BCUT2D eigenvalue weighted by Crippen LogP contribution is 2.29. The molecule has 1 N–H and O–H groups in total. The summed E-state index contributed by atoms with van der Waals surface area (Å²) in [7, 11) is 1.25. The Bertz CT molecular complexity index is 857. The molecule has 0 aliphatic rings. The monoisotopic (exact) mass is 363 g/mol. The molecular formula is C19H16F3NO3. The topological polar surface area (TPSA) is 55.4 Å². The standard InChI is InChI=1S/C19H16F3NO3/c1-12-6-8-14(18(25)26-2)11-16(12)23-17(24)9-7-13-4-3-5-15(10-13)19(20,21)22/h3-11H,1-2H3,(H,23,24)/b9-7+. The molecule has 26 heavy (non-hydrogen) atoms. The van der Waals surface area contributed by atoms with E-state index in [0.717, 1.165) is 23.8 Å². The zero-order valence-electron chi connectivity index (χ0n) is 14.1. The summed E-state index contributed by atoms with van der Waals surface area (Å²) in [5.74, 6) is -1.08. The Labute approximate surface area is 148 Å². The number of carbonyl (C=O) groups is 2. The van der Waals surface area contributed by atoms with Gasteiger partial charge in [-0.15, -0.1) is 0 Å². The van der Waals surface area contributed by atoms with Crippen LogP contribution in [0.4, 0.5) is 18.9 Å². The van der Waals surface area contributed by atoms with Crippen LogP contribution in [0.15, 0.2) is 48.5 Å². The fourth-order valence-corrected chi connectivity index (χ4v) is 2.17. The van der Waals surface area contributed by atoms with E-state index in [1.54, 1.807) is 19.1 Å². The smallest absolute Gasteiger partial charge is 0.416 e. The second kappa shape index (κ2) is 7.86. The van der Waals surface area contributed by atoms with Gasteiger partial charge in [0.15, 0.2) is 0 Å². The summed E-state index contributed by atoms with van der Waals surface area (Å²) in [4.78, 5) is 23.6. The maximum Gasteiger partial charge on any atom is 0.416 e. The van der Waals surface area contributed by atoms with Crippen molar-refractivity contribution in [1.29, 1.82) is 0 Å². The number of aryl methyl sites for hydroxylation is 1. The minimum atomic E-state index is -4.45. The minimum absolute atomic E-state index is 0.245. The third-order valence-electron chi connectivity index (χ3n) is 3.56. The molecule has 0 bridgehead atoms. The lowest BCUT2D eigenvalue weighted by Crippen LogP contribution is -2.10. The van der Waals surface area contributed by atoms with E-state index in [-0.39, 0.29) is 11.1 Å². The number of rotatable bonds is 4. The van der Waals surface area contributed by atoms with Crippen LogP contribution in [0.3, 0.4) is 0 Å². The number of benzene rings is 2. The summed E-state index contributed by atoms with van der Waals surface area (Å²) in [6, 6.07) is 9.32. The quantitative estimate of drug-likeness (QED) is 0.645. The Balaban J connectivity index is 2.14. The number of amides is 1. The SMILES string of the molecule is COC(=O)c1ccc(C)c(NC(=O)/C=C/c2cccc(C(F)(F)F)c2)c1. The van der Waals surface area contributed by atoms with Crippen LogP contribution < -0.4 is 5.32 Å². The van der Waals surface area contributed by atoms with Gasteiger partial charge in [-0.2, -0.15) is 13.2 Å². The molecule has 4 nitrogen and oxygen atoms in total. The van der Waals surface area contributed by atoms with E-state index >= 15 is 0 Å². The van der Waals surface area contributed by atoms with E-state index in [9.17, 15) is 22.8 Å². The van der Waals surface area contributed by atoms with E-state index in [1.807, 2.05) is 0 Å². The molecule has 0 radical (unpaired) electrons. The molecule has 0 saturated carbocycles. The summed E-state index contributed by atoms with van der Waals surface area (Å²) in [5.41, 5.74) is 0.858. The maximum atomic E-state index is 12.7. The number of carbonyl (C=O) groups excluding carboxylic acids is 2. The van der Waals surface area contributed by atoms with Gasteiger partial charge < -0.3 is 10.1 Å². The Morgan fingerprint density at radius 1 is 1.12 bits per heavy atom. The molecule has 0 atom stereocenters. The van der Waals surface area contributed by atoms with Crippen LogP contribution >= 0.6 is 0 Å². The minimum Gasteiger partial charge on any atom is -0.465 e. The van der Waals surface area contributed by atoms with Crippen LogP contribution in [0.25, 0.3) is 6.08 Å². The Hall–Kier alpha value is -3.09. The van der Waals surface area contributed by atoms with Crippen LogP contribution in [-0.4, -0.2) is 19.0 Å². The average Bonchev–Trinajstić information content (AvgIpc) is 2.60. The number of nitrogens with one attached hydrogen (secondary N) is 1. The van der Waals surface area contributed by atoms with Gasteiger partial charge in [0.25, 0.3) is 0 Å². The molecule has 0 unspecified atom stereocenters. The van der Waals surface area contributed by atoms with Gasteiger partial charge >= 0.3 is 12.1 Å². The van der Waals surface area contributed by atoms with Crippen molar-refractivity contribution in [2.75, 3.05) is 12.4 Å². The van der Waals surface area contributed by atoms with Gasteiger partial charge in [-0.1, -0.05) is 18.2 Å². The highest BCUT2D eigenvalue weighted by atomic mass is 19.4. The summed E-state index contributed by atoms with van der Waals surface area (Å²) < 4.78 is 42.7. The second-order valence-corrected chi connectivity index (χ2v) is 5.47. The molecule has 2 rings (SSSR count). The van der Waals surface area contributed by atoms with Crippen molar-refractivity contribution in [2.45, 2.75) is 13.1 Å². The van der Waals surface area contributed by atoms with E-state index in [2.05, 4.69) is 10.1 Å². The zero-order chi connectivity index (χ0) is 19.3. The van der Waals surface area contributed by atoms with Crippen LogP contribution in [0.5, 0.6) is 0 Å². The first-order valence-electron chi connectivity index (χ1n) is 7.56. The van der Waals surface area contributed by atoms with Crippen molar-refractivity contribution in [2.24, 2.45) is 0 Å². The number of hydrogen-bond acceptors (Lipinski definition) is 3. The fourth-order valence-electron chi connectivity index (χ4n) is 2.17. The van der Waals surface area contributed by atoms with Crippen molar-refractivity contribution < 1.29 is 27.5 Å². The van der Waals surface area contributed by atoms with Gasteiger partial charge in [0.1, 0.15) is 0 Å². The third-order valence-corrected chi connectivity index (χ3v) is 3.56. The van der Waals surface area contributed by atoms with Crippen LogP contribution in [0.2, 0.25) is 0 Å². The van der Waals surface area contributed by atoms with Gasteiger partial charge in [-0.05, 0) is 48.4 Å². The number of halogens is 3. The van der Waals surface area contributed by atoms with Gasteiger partial charge in [-0.3, -0.25) is 4.79 Å². The normalized spacial score (nSPS) is 11.4. The first-order chi connectivity index (χ1) is 12.2. The molecular weight excluding hydrogens is 347 g/mol. The number of anilines is 1. The van der Waals surface area contributed by atoms with Crippen molar-refractivity contribution >= 4 is 23.6 Å². The summed E-state index contributed by atoms with van der Waals surface area (Å²) >= 11 is 0. The van der Waals surface area contributed by atoms with Crippen molar-refractivity contribution in [3.63, 3.8) is 0 Å². The Morgan fingerprint density at radius 2 is 1.85 bits per heavy atom. The molecule has 2 aromatic rings. The summed E-state index contributed by atoms with van der Waals surface area (Å²) in [6.07, 6.45) is -2.04. The molecule has 136 valence electrons. The molecule has 1 amide bonds. The summed E-state index contributed by atoms with van der Waals surface area (Å²) in [5, 5.41) is 2.59. The predicted molar refractivity (Wildman–Crippen MR) is 91.6 cm³/mol. The van der Waals surface area contributed by atoms with E-state index in [1.165, 1.54) is 31.4 Å². The molecule has 0 fully saturated rings. The molecule has 0 aliphatic heterocycles. The van der Waals surface area contributed by atoms with Gasteiger partial charge in [-0.25, -0.2) is 4.79 Å². The van der Waals surface area contributed by atoms with Crippen LogP contribution in [0, 0.1) is 6.92 Å².